The molecule has 1 saturated heterocycles. The summed E-state index contributed by atoms with van der Waals surface area (Å²) in [6.07, 6.45) is 0.513. The van der Waals surface area contributed by atoms with E-state index in [2.05, 4.69) is 0 Å². The summed E-state index contributed by atoms with van der Waals surface area (Å²) < 4.78 is 24.3. The zero-order valence-corrected chi connectivity index (χ0v) is 11.3. The van der Waals surface area contributed by atoms with Crippen LogP contribution >= 0.6 is 0 Å². The van der Waals surface area contributed by atoms with E-state index in [1.807, 2.05) is 0 Å². The Hall–Kier alpha value is -1.66. The molecule has 1 aromatic rings. The Labute approximate surface area is 117 Å². The van der Waals surface area contributed by atoms with Crippen LogP contribution in [0.15, 0.2) is 18.2 Å². The number of nitrogens with two attached hydrogens (primary N) is 1. The normalized spacial score (nSPS) is 15.2. The highest BCUT2D eigenvalue weighted by Crippen LogP contribution is 2.23. The molecule has 0 unspecified atom stereocenters. The van der Waals surface area contributed by atoms with Crippen LogP contribution in [0.2, 0.25) is 0 Å². The average Bonchev–Trinajstić information content (AvgIpc) is 2.47. The summed E-state index contributed by atoms with van der Waals surface area (Å²) in [5.74, 6) is -0.500. The number of carbonyl (C=O) groups is 1. The summed E-state index contributed by atoms with van der Waals surface area (Å²) in [6.45, 7) is 2.40. The first-order chi connectivity index (χ1) is 9.72. The molecule has 1 aliphatic heterocycles. The molecule has 2 N–H and O–H groups in total. The lowest BCUT2D eigenvalue weighted by molar-refractivity contribution is -0.137. The smallest absolute Gasteiger partial charge is 0.260 e. The molecule has 2 rings (SSSR count). The number of amides is 1. The number of halogens is 1. The molecular formula is C14H19FN2O3. The van der Waals surface area contributed by atoms with Crippen molar-refractivity contribution in [3.8, 4) is 5.75 Å². The van der Waals surface area contributed by atoms with Crippen molar-refractivity contribution in [3.05, 3.63) is 29.6 Å². The highest BCUT2D eigenvalue weighted by molar-refractivity contribution is 5.77. The summed E-state index contributed by atoms with van der Waals surface area (Å²) in [4.78, 5) is 13.6. The van der Waals surface area contributed by atoms with Gasteiger partial charge in [-0.1, -0.05) is 12.1 Å². The Kier molecular flexibility index (Phi) is 5.31. The van der Waals surface area contributed by atoms with E-state index in [0.717, 1.165) is 0 Å². The fraction of sp³-hybridized carbons (Fsp3) is 0.500. The maximum atomic E-state index is 13.8. The fourth-order valence-corrected chi connectivity index (χ4v) is 2.11. The number of benzene rings is 1. The van der Waals surface area contributed by atoms with Gasteiger partial charge in [-0.15, -0.1) is 0 Å². The van der Waals surface area contributed by atoms with Crippen molar-refractivity contribution in [2.24, 2.45) is 5.73 Å². The predicted molar refractivity (Wildman–Crippen MR) is 72.1 cm³/mol. The van der Waals surface area contributed by atoms with Gasteiger partial charge in [0.2, 0.25) is 0 Å². The molecule has 1 aromatic carbocycles. The molecule has 0 aliphatic carbocycles. The molecule has 110 valence electrons. The second-order valence-electron chi connectivity index (χ2n) is 4.55. The van der Waals surface area contributed by atoms with Crippen molar-refractivity contribution < 1.29 is 18.7 Å². The van der Waals surface area contributed by atoms with E-state index in [-0.39, 0.29) is 18.3 Å². The first-order valence-corrected chi connectivity index (χ1v) is 6.68. The Bertz CT molecular complexity index is 462. The molecule has 1 amide bonds. The standard InChI is InChI=1S/C14H19FN2O3/c15-12-3-1-2-11(4-5-16)14(12)20-10-13(18)17-6-8-19-9-7-17/h1-3H,4-10,16H2. The number of rotatable bonds is 5. The van der Waals surface area contributed by atoms with Crippen LogP contribution in [-0.2, 0) is 16.0 Å². The molecule has 6 heteroatoms. The molecule has 0 aromatic heterocycles. The highest BCUT2D eigenvalue weighted by Gasteiger charge is 2.18. The van der Waals surface area contributed by atoms with E-state index < -0.39 is 5.82 Å². The van der Waals surface area contributed by atoms with E-state index in [0.29, 0.717) is 44.8 Å². The van der Waals surface area contributed by atoms with Gasteiger partial charge in [0.25, 0.3) is 5.91 Å². The van der Waals surface area contributed by atoms with Crippen molar-refractivity contribution in [2.45, 2.75) is 6.42 Å². The number of carbonyl (C=O) groups excluding carboxylic acids is 1. The molecule has 0 saturated carbocycles. The van der Waals surface area contributed by atoms with Crippen LogP contribution in [0.25, 0.3) is 0 Å². The van der Waals surface area contributed by atoms with Crippen molar-refractivity contribution in [3.63, 3.8) is 0 Å². The molecule has 0 atom stereocenters. The van der Waals surface area contributed by atoms with Gasteiger partial charge in [-0.05, 0) is 24.6 Å². The topological polar surface area (TPSA) is 64.8 Å². The first-order valence-electron chi connectivity index (χ1n) is 6.68. The summed E-state index contributed by atoms with van der Waals surface area (Å²) in [5.41, 5.74) is 6.17. The van der Waals surface area contributed by atoms with E-state index in [9.17, 15) is 9.18 Å². The molecule has 20 heavy (non-hydrogen) atoms. The van der Waals surface area contributed by atoms with Gasteiger partial charge in [0, 0.05) is 13.1 Å². The number of nitrogens with zero attached hydrogens (tertiary/aromatic N) is 1. The van der Waals surface area contributed by atoms with E-state index in [1.165, 1.54) is 6.07 Å². The van der Waals surface area contributed by atoms with Gasteiger partial charge in [-0.3, -0.25) is 4.79 Å². The molecule has 1 aliphatic rings. The number of hydrogen-bond acceptors (Lipinski definition) is 4. The molecule has 1 fully saturated rings. The van der Waals surface area contributed by atoms with Crippen molar-refractivity contribution in [2.75, 3.05) is 39.5 Å². The minimum Gasteiger partial charge on any atom is -0.480 e. The first kappa shape index (κ1) is 14.7. The second kappa shape index (κ2) is 7.21. The maximum Gasteiger partial charge on any atom is 0.260 e. The second-order valence-corrected chi connectivity index (χ2v) is 4.55. The minimum atomic E-state index is -0.467. The SMILES string of the molecule is NCCc1cccc(F)c1OCC(=O)N1CCOCC1. The number of ether oxygens (including phenoxy) is 2. The van der Waals surface area contributed by atoms with Gasteiger partial charge in [-0.25, -0.2) is 4.39 Å². The molecule has 5 nitrogen and oxygen atoms in total. The van der Waals surface area contributed by atoms with Crippen LogP contribution in [0.1, 0.15) is 5.56 Å². The van der Waals surface area contributed by atoms with Crippen LogP contribution in [0.3, 0.4) is 0 Å². The summed E-state index contributed by atoms with van der Waals surface area (Å²) in [6, 6.07) is 4.68. The third-order valence-corrected chi connectivity index (χ3v) is 3.17. The minimum absolute atomic E-state index is 0.125. The Morgan fingerprint density at radius 2 is 2.15 bits per heavy atom. The highest BCUT2D eigenvalue weighted by atomic mass is 19.1. The van der Waals surface area contributed by atoms with Gasteiger partial charge >= 0.3 is 0 Å². The van der Waals surface area contributed by atoms with Crippen molar-refractivity contribution in [1.29, 1.82) is 0 Å². The lowest BCUT2D eigenvalue weighted by Crippen LogP contribution is -2.43. The lowest BCUT2D eigenvalue weighted by Gasteiger charge is -2.26. The zero-order chi connectivity index (χ0) is 14.4. The van der Waals surface area contributed by atoms with Crippen molar-refractivity contribution >= 4 is 5.91 Å². The largest absolute Gasteiger partial charge is 0.480 e. The molecule has 1 heterocycles. The zero-order valence-electron chi connectivity index (χ0n) is 11.3. The van der Waals surface area contributed by atoms with E-state index in [4.69, 9.17) is 15.2 Å². The van der Waals surface area contributed by atoms with E-state index >= 15 is 0 Å². The number of morpholine rings is 1. The summed E-state index contributed by atoms with van der Waals surface area (Å²) in [7, 11) is 0. The van der Waals surface area contributed by atoms with Crippen LogP contribution in [0, 0.1) is 5.82 Å². The summed E-state index contributed by atoms with van der Waals surface area (Å²) in [5, 5.41) is 0. The van der Waals surface area contributed by atoms with Gasteiger partial charge < -0.3 is 20.1 Å². The van der Waals surface area contributed by atoms with Crippen molar-refractivity contribution in [1.82, 2.24) is 4.90 Å². The van der Waals surface area contributed by atoms with Crippen LogP contribution < -0.4 is 10.5 Å². The Balaban J connectivity index is 1.97. The van der Waals surface area contributed by atoms with E-state index in [1.54, 1.807) is 17.0 Å². The molecule has 0 radical (unpaired) electrons. The van der Waals surface area contributed by atoms with Crippen LogP contribution in [0.4, 0.5) is 4.39 Å². The third-order valence-electron chi connectivity index (χ3n) is 3.17. The monoisotopic (exact) mass is 282 g/mol. The molecular weight excluding hydrogens is 263 g/mol. The predicted octanol–water partition coefficient (Wildman–Crippen LogP) is 0.564. The van der Waals surface area contributed by atoms with Gasteiger partial charge in [0.05, 0.1) is 13.2 Å². The average molecular weight is 282 g/mol. The fourth-order valence-electron chi connectivity index (χ4n) is 2.11. The molecule has 0 bridgehead atoms. The van der Waals surface area contributed by atoms with Gasteiger partial charge in [-0.2, -0.15) is 0 Å². The lowest BCUT2D eigenvalue weighted by atomic mass is 10.1. The Morgan fingerprint density at radius 3 is 2.85 bits per heavy atom. The van der Waals surface area contributed by atoms with Gasteiger partial charge in [0.15, 0.2) is 18.2 Å². The van der Waals surface area contributed by atoms with Crippen LogP contribution in [0.5, 0.6) is 5.75 Å². The Morgan fingerprint density at radius 1 is 1.40 bits per heavy atom. The van der Waals surface area contributed by atoms with Crippen LogP contribution in [-0.4, -0.2) is 50.3 Å². The summed E-state index contributed by atoms with van der Waals surface area (Å²) >= 11 is 0. The number of hydrogen-bond donors (Lipinski definition) is 1. The third kappa shape index (κ3) is 3.68. The number of para-hydroxylation sites is 1. The quantitative estimate of drug-likeness (QED) is 0.857. The molecule has 0 spiro atoms. The maximum absolute atomic E-state index is 13.8. The van der Waals surface area contributed by atoms with Gasteiger partial charge in [0.1, 0.15) is 0 Å².